The maximum absolute atomic E-state index is 11.8. The highest BCUT2D eigenvalue weighted by molar-refractivity contribution is 6.35. The van der Waals surface area contributed by atoms with E-state index in [1.54, 1.807) is 26.5 Å². The highest BCUT2D eigenvalue weighted by Gasteiger charge is 2.30. The number of nitrogens with zero attached hydrogens (tertiary/aromatic N) is 3. The first-order valence-corrected chi connectivity index (χ1v) is 12.9. The topological polar surface area (TPSA) is 120 Å². The molecular formula is C27H31ClN6O4. The van der Waals surface area contributed by atoms with Crippen LogP contribution < -0.4 is 25.4 Å². The van der Waals surface area contributed by atoms with Gasteiger partial charge in [0.15, 0.2) is 5.82 Å². The molecule has 0 unspecified atom stereocenters. The Morgan fingerprint density at radius 3 is 2.66 bits per heavy atom. The number of fused-ring (bicyclic) bond motifs is 1. The van der Waals surface area contributed by atoms with E-state index in [0.717, 1.165) is 23.1 Å². The van der Waals surface area contributed by atoms with Crippen LogP contribution in [0.3, 0.4) is 0 Å². The number of rotatable bonds is 10. The molecule has 1 aromatic carbocycles. The number of pyridine rings is 1. The maximum atomic E-state index is 11.8. The summed E-state index contributed by atoms with van der Waals surface area (Å²) in [6.07, 6.45) is 5.40. The molecule has 1 aliphatic heterocycles. The number of carbonyl (C=O) groups excluding carboxylic acids is 1. The van der Waals surface area contributed by atoms with Crippen molar-refractivity contribution < 1.29 is 19.0 Å². The van der Waals surface area contributed by atoms with Gasteiger partial charge in [0.1, 0.15) is 17.0 Å². The van der Waals surface area contributed by atoms with E-state index < -0.39 is 0 Å². The summed E-state index contributed by atoms with van der Waals surface area (Å²) in [7, 11) is 3.18. The van der Waals surface area contributed by atoms with Crippen molar-refractivity contribution in [1.82, 2.24) is 20.3 Å². The molecule has 0 radical (unpaired) electrons. The number of ether oxygens (including phenoxy) is 3. The van der Waals surface area contributed by atoms with Crippen LogP contribution in [0.25, 0.3) is 22.2 Å². The Balaban J connectivity index is 1.54. The standard InChI is InChI=1S/C27H31ClN6O4/c1-5-22(35)31-18-12-38-13-19(18)33-27-30-11-16-8-17(32-26(25(16)34-27)29-10-15-6-7-15)23-14(2)20(36-3)9-21(37-4)24(23)28/h5,8-9,11,15,18-19H,1,6-7,10,12-13H2,2-4H3,(H,29,32)(H,31,35)(H,30,33,34)/t18-,19+/m0/s1. The summed E-state index contributed by atoms with van der Waals surface area (Å²) in [5, 5.41) is 10.9. The lowest BCUT2D eigenvalue weighted by molar-refractivity contribution is -0.117. The smallest absolute Gasteiger partial charge is 0.243 e. The van der Waals surface area contributed by atoms with Gasteiger partial charge in [-0.05, 0) is 37.8 Å². The number of amides is 1. The van der Waals surface area contributed by atoms with E-state index in [0.29, 0.717) is 58.6 Å². The van der Waals surface area contributed by atoms with E-state index >= 15 is 0 Å². The molecule has 5 rings (SSSR count). The monoisotopic (exact) mass is 538 g/mol. The Hall–Kier alpha value is -3.63. The van der Waals surface area contributed by atoms with E-state index in [2.05, 4.69) is 27.5 Å². The minimum absolute atomic E-state index is 0.183. The summed E-state index contributed by atoms with van der Waals surface area (Å²) in [5.74, 6) is 2.60. The predicted molar refractivity (Wildman–Crippen MR) is 147 cm³/mol. The summed E-state index contributed by atoms with van der Waals surface area (Å²) < 4.78 is 16.6. The predicted octanol–water partition coefficient (Wildman–Crippen LogP) is 3.97. The van der Waals surface area contributed by atoms with Gasteiger partial charge in [0.2, 0.25) is 11.9 Å². The van der Waals surface area contributed by atoms with Crippen LogP contribution in [0.1, 0.15) is 18.4 Å². The molecule has 0 spiro atoms. The van der Waals surface area contributed by atoms with Gasteiger partial charge in [-0.15, -0.1) is 0 Å². The second-order valence-electron chi connectivity index (χ2n) is 9.51. The molecule has 1 saturated carbocycles. The van der Waals surface area contributed by atoms with Gasteiger partial charge in [-0.1, -0.05) is 18.2 Å². The second kappa shape index (κ2) is 11.0. The molecule has 2 aromatic heterocycles. The number of methoxy groups -OCH3 is 2. The van der Waals surface area contributed by atoms with Crippen molar-refractivity contribution in [3.8, 4) is 22.8 Å². The second-order valence-corrected chi connectivity index (χ2v) is 9.89. The molecular weight excluding hydrogens is 508 g/mol. The fraction of sp³-hybridized carbons (Fsp3) is 0.407. The van der Waals surface area contributed by atoms with Crippen molar-refractivity contribution in [3.63, 3.8) is 0 Å². The van der Waals surface area contributed by atoms with Crippen molar-refractivity contribution in [2.45, 2.75) is 31.8 Å². The first-order valence-electron chi connectivity index (χ1n) is 12.5. The Labute approximate surface area is 226 Å². The molecule has 38 heavy (non-hydrogen) atoms. The molecule has 0 bridgehead atoms. The van der Waals surface area contributed by atoms with E-state index in [1.807, 2.05) is 13.0 Å². The Morgan fingerprint density at radius 1 is 1.18 bits per heavy atom. The van der Waals surface area contributed by atoms with Gasteiger partial charge in [0, 0.05) is 35.3 Å². The molecule has 3 aromatic rings. The number of hydrogen-bond donors (Lipinski definition) is 3. The molecule has 2 fully saturated rings. The lowest BCUT2D eigenvalue weighted by Crippen LogP contribution is -2.45. The zero-order valence-corrected chi connectivity index (χ0v) is 22.4. The Morgan fingerprint density at radius 2 is 1.95 bits per heavy atom. The summed E-state index contributed by atoms with van der Waals surface area (Å²) in [6.45, 7) is 7.08. The number of aromatic nitrogens is 3. The van der Waals surface area contributed by atoms with Gasteiger partial charge in [-0.3, -0.25) is 4.79 Å². The lowest BCUT2D eigenvalue weighted by Gasteiger charge is -2.20. The molecule has 1 saturated heterocycles. The molecule has 11 heteroatoms. The molecule has 10 nitrogen and oxygen atoms in total. The van der Waals surface area contributed by atoms with E-state index in [9.17, 15) is 4.79 Å². The van der Waals surface area contributed by atoms with Gasteiger partial charge < -0.3 is 30.2 Å². The molecule has 2 atom stereocenters. The van der Waals surface area contributed by atoms with Gasteiger partial charge in [0.25, 0.3) is 0 Å². The minimum Gasteiger partial charge on any atom is -0.496 e. The van der Waals surface area contributed by atoms with Gasteiger partial charge in [-0.2, -0.15) is 0 Å². The summed E-state index contributed by atoms with van der Waals surface area (Å²) in [5.41, 5.74) is 2.93. The van der Waals surface area contributed by atoms with Crippen molar-refractivity contribution in [3.05, 3.63) is 41.6 Å². The number of nitrogens with one attached hydrogen (secondary N) is 3. The quantitative estimate of drug-likeness (QED) is 0.329. The van der Waals surface area contributed by atoms with E-state index in [1.165, 1.54) is 18.9 Å². The first-order chi connectivity index (χ1) is 18.4. The van der Waals surface area contributed by atoms with Crippen LogP contribution in [0.2, 0.25) is 5.02 Å². The van der Waals surface area contributed by atoms with Crippen LogP contribution in [0.4, 0.5) is 11.8 Å². The van der Waals surface area contributed by atoms with Crippen molar-refractivity contribution in [2.24, 2.45) is 5.92 Å². The average Bonchev–Trinajstić information content (AvgIpc) is 3.66. The van der Waals surface area contributed by atoms with E-state index in [-0.39, 0.29) is 18.0 Å². The fourth-order valence-corrected chi connectivity index (χ4v) is 4.91. The number of anilines is 2. The number of benzene rings is 1. The third-order valence-electron chi connectivity index (χ3n) is 6.87. The average molecular weight is 539 g/mol. The first kappa shape index (κ1) is 26.0. The highest BCUT2D eigenvalue weighted by Crippen LogP contribution is 2.43. The molecule has 1 aliphatic carbocycles. The third kappa shape index (κ3) is 5.32. The van der Waals surface area contributed by atoms with Gasteiger partial charge >= 0.3 is 0 Å². The Bertz CT molecular complexity index is 1350. The summed E-state index contributed by atoms with van der Waals surface area (Å²) in [6, 6.07) is 3.28. The van der Waals surface area contributed by atoms with Crippen molar-refractivity contribution in [1.29, 1.82) is 0 Å². The lowest BCUT2D eigenvalue weighted by atomic mass is 10.0. The number of hydrogen-bond acceptors (Lipinski definition) is 9. The zero-order chi connectivity index (χ0) is 26.8. The normalized spacial score (nSPS) is 18.7. The van der Waals surface area contributed by atoms with Gasteiger partial charge in [0.05, 0.1) is 50.2 Å². The van der Waals surface area contributed by atoms with E-state index in [4.69, 9.17) is 35.8 Å². The maximum Gasteiger partial charge on any atom is 0.243 e. The summed E-state index contributed by atoms with van der Waals surface area (Å²) >= 11 is 6.77. The molecule has 2 aliphatic rings. The largest absolute Gasteiger partial charge is 0.496 e. The molecule has 3 N–H and O–H groups in total. The third-order valence-corrected chi connectivity index (χ3v) is 7.24. The van der Waals surface area contributed by atoms with Crippen LogP contribution in [-0.4, -0.2) is 66.9 Å². The summed E-state index contributed by atoms with van der Waals surface area (Å²) in [4.78, 5) is 26.1. The zero-order valence-electron chi connectivity index (χ0n) is 21.6. The minimum atomic E-state index is -0.252. The van der Waals surface area contributed by atoms with Crippen molar-refractivity contribution >= 4 is 40.2 Å². The molecule has 1 amide bonds. The van der Waals surface area contributed by atoms with Crippen LogP contribution in [-0.2, 0) is 9.53 Å². The van der Waals surface area contributed by atoms with Crippen LogP contribution in [0.5, 0.6) is 11.5 Å². The highest BCUT2D eigenvalue weighted by atomic mass is 35.5. The van der Waals surface area contributed by atoms with Crippen molar-refractivity contribution in [2.75, 3.05) is 44.6 Å². The van der Waals surface area contributed by atoms with Crippen LogP contribution >= 0.6 is 11.6 Å². The molecule has 200 valence electrons. The SMILES string of the molecule is C=CC(=O)N[C@H]1COC[C@H]1Nc1ncc2cc(-c3c(C)c(OC)cc(OC)c3Cl)nc(NCC3CC3)c2n1. The van der Waals surface area contributed by atoms with Crippen LogP contribution in [0, 0.1) is 12.8 Å². The van der Waals surface area contributed by atoms with Gasteiger partial charge in [-0.25, -0.2) is 15.0 Å². The Kier molecular flexibility index (Phi) is 7.53. The molecule has 3 heterocycles. The number of halogens is 1. The van der Waals surface area contributed by atoms with Crippen LogP contribution in [0.15, 0.2) is 31.0 Å². The number of carbonyl (C=O) groups is 1. The fourth-order valence-electron chi connectivity index (χ4n) is 4.54.